The lowest BCUT2D eigenvalue weighted by atomic mass is 10.1. The molecule has 76 valence electrons. The zero-order valence-corrected chi connectivity index (χ0v) is 8.23. The van der Waals surface area contributed by atoms with E-state index in [9.17, 15) is 9.90 Å². The molecule has 1 amide bonds. The Morgan fingerprint density at radius 3 is 2.64 bits per heavy atom. The quantitative estimate of drug-likeness (QED) is 0.756. The van der Waals surface area contributed by atoms with Crippen LogP contribution in [0.15, 0.2) is 30.3 Å². The average molecular weight is 193 g/mol. The molecular formula is C11H15NO2. The van der Waals surface area contributed by atoms with Crippen LogP contribution in [-0.2, 0) is 4.79 Å². The van der Waals surface area contributed by atoms with E-state index in [0.29, 0.717) is 6.42 Å². The first-order valence-electron chi connectivity index (χ1n) is 4.73. The molecule has 0 fully saturated rings. The normalized spacial score (nSPS) is 12.1. The summed E-state index contributed by atoms with van der Waals surface area (Å²) >= 11 is 0. The molecule has 0 bridgehead atoms. The predicted octanol–water partition coefficient (Wildman–Crippen LogP) is 1.25. The molecule has 2 N–H and O–H groups in total. The fourth-order valence-corrected chi connectivity index (χ4v) is 1.13. The van der Waals surface area contributed by atoms with Crippen LogP contribution in [0.4, 0.5) is 0 Å². The van der Waals surface area contributed by atoms with Crippen LogP contribution in [0.1, 0.15) is 25.0 Å². The molecule has 1 rings (SSSR count). The standard InChI is InChI=1S/C11H15NO2/c1-2-11(14)12-8-10(13)9-6-4-3-5-7-9/h3-7,10,13H,2,8H2,1H3,(H,12,14). The lowest BCUT2D eigenvalue weighted by Gasteiger charge is -2.11. The summed E-state index contributed by atoms with van der Waals surface area (Å²) in [7, 11) is 0. The zero-order chi connectivity index (χ0) is 10.4. The van der Waals surface area contributed by atoms with Gasteiger partial charge in [-0.25, -0.2) is 0 Å². The van der Waals surface area contributed by atoms with Gasteiger partial charge < -0.3 is 10.4 Å². The third-order valence-corrected chi connectivity index (χ3v) is 2.00. The van der Waals surface area contributed by atoms with Crippen molar-refractivity contribution in [2.75, 3.05) is 6.54 Å². The second kappa shape index (κ2) is 5.40. The van der Waals surface area contributed by atoms with Crippen molar-refractivity contribution in [2.45, 2.75) is 19.4 Å². The average Bonchev–Trinajstić information content (AvgIpc) is 2.26. The summed E-state index contributed by atoms with van der Waals surface area (Å²) in [4.78, 5) is 10.9. The Labute approximate surface area is 83.8 Å². The number of hydrogen-bond donors (Lipinski definition) is 2. The largest absolute Gasteiger partial charge is 0.387 e. The van der Waals surface area contributed by atoms with Crippen LogP contribution in [0.5, 0.6) is 0 Å². The molecule has 0 heterocycles. The highest BCUT2D eigenvalue weighted by Crippen LogP contribution is 2.10. The summed E-state index contributed by atoms with van der Waals surface area (Å²) in [5, 5.41) is 12.3. The molecule has 3 nitrogen and oxygen atoms in total. The van der Waals surface area contributed by atoms with Crippen LogP contribution in [0.25, 0.3) is 0 Å². The van der Waals surface area contributed by atoms with E-state index in [2.05, 4.69) is 5.32 Å². The van der Waals surface area contributed by atoms with Crippen LogP contribution in [-0.4, -0.2) is 17.6 Å². The minimum Gasteiger partial charge on any atom is -0.387 e. The molecule has 14 heavy (non-hydrogen) atoms. The van der Waals surface area contributed by atoms with Crippen LogP contribution >= 0.6 is 0 Å². The molecule has 1 aromatic carbocycles. The van der Waals surface area contributed by atoms with Crippen molar-refractivity contribution in [3.05, 3.63) is 35.9 Å². The molecule has 0 saturated heterocycles. The second-order valence-corrected chi connectivity index (χ2v) is 3.08. The maximum Gasteiger partial charge on any atom is 0.219 e. The predicted molar refractivity (Wildman–Crippen MR) is 54.7 cm³/mol. The third-order valence-electron chi connectivity index (χ3n) is 2.00. The van der Waals surface area contributed by atoms with Gasteiger partial charge in [0.05, 0.1) is 6.10 Å². The number of carbonyl (C=O) groups is 1. The summed E-state index contributed by atoms with van der Waals surface area (Å²) in [6, 6.07) is 9.28. The summed E-state index contributed by atoms with van der Waals surface area (Å²) in [6.45, 7) is 2.06. The van der Waals surface area contributed by atoms with Gasteiger partial charge in [-0.05, 0) is 5.56 Å². The van der Waals surface area contributed by atoms with Gasteiger partial charge in [0.15, 0.2) is 0 Å². The van der Waals surface area contributed by atoms with Crippen LogP contribution in [0.3, 0.4) is 0 Å². The van der Waals surface area contributed by atoms with Gasteiger partial charge in [0.2, 0.25) is 5.91 Å². The van der Waals surface area contributed by atoms with Gasteiger partial charge in [0.25, 0.3) is 0 Å². The molecular weight excluding hydrogens is 178 g/mol. The number of nitrogens with one attached hydrogen (secondary N) is 1. The molecule has 1 unspecified atom stereocenters. The molecule has 1 atom stereocenters. The van der Waals surface area contributed by atoms with Crippen LogP contribution in [0, 0.1) is 0 Å². The Morgan fingerprint density at radius 2 is 2.07 bits per heavy atom. The highest BCUT2D eigenvalue weighted by atomic mass is 16.3. The number of hydrogen-bond acceptors (Lipinski definition) is 2. The minimum atomic E-state index is -0.619. The highest BCUT2D eigenvalue weighted by Gasteiger charge is 2.07. The maximum atomic E-state index is 10.9. The Kier molecular flexibility index (Phi) is 4.13. The molecule has 0 saturated carbocycles. The summed E-state index contributed by atoms with van der Waals surface area (Å²) < 4.78 is 0. The number of amides is 1. The zero-order valence-electron chi connectivity index (χ0n) is 8.23. The van der Waals surface area contributed by atoms with Crippen LogP contribution < -0.4 is 5.32 Å². The van der Waals surface area contributed by atoms with E-state index in [0.717, 1.165) is 5.56 Å². The van der Waals surface area contributed by atoms with Gasteiger partial charge in [-0.2, -0.15) is 0 Å². The Balaban J connectivity index is 2.43. The highest BCUT2D eigenvalue weighted by molar-refractivity contribution is 5.75. The molecule has 0 spiro atoms. The topological polar surface area (TPSA) is 49.3 Å². The van der Waals surface area contributed by atoms with Gasteiger partial charge in [-0.15, -0.1) is 0 Å². The monoisotopic (exact) mass is 193 g/mol. The first kappa shape index (κ1) is 10.7. The Morgan fingerprint density at radius 1 is 1.43 bits per heavy atom. The van der Waals surface area contributed by atoms with Gasteiger partial charge in [-0.3, -0.25) is 4.79 Å². The molecule has 0 aromatic heterocycles. The summed E-state index contributed by atoms with van der Waals surface area (Å²) in [5.74, 6) is -0.0417. The third kappa shape index (κ3) is 3.18. The van der Waals surface area contributed by atoms with Crippen molar-refractivity contribution in [3.8, 4) is 0 Å². The molecule has 0 radical (unpaired) electrons. The van der Waals surface area contributed by atoms with E-state index < -0.39 is 6.10 Å². The van der Waals surface area contributed by atoms with Gasteiger partial charge in [0.1, 0.15) is 0 Å². The van der Waals surface area contributed by atoms with Crippen molar-refractivity contribution < 1.29 is 9.90 Å². The van der Waals surface area contributed by atoms with Crippen molar-refractivity contribution in [1.82, 2.24) is 5.32 Å². The number of aliphatic hydroxyl groups is 1. The first-order chi connectivity index (χ1) is 6.74. The van der Waals surface area contributed by atoms with E-state index in [-0.39, 0.29) is 12.5 Å². The summed E-state index contributed by atoms with van der Waals surface area (Å²) in [5.41, 5.74) is 0.823. The Hall–Kier alpha value is -1.35. The molecule has 0 aliphatic rings. The minimum absolute atomic E-state index is 0.0417. The van der Waals surface area contributed by atoms with E-state index >= 15 is 0 Å². The first-order valence-corrected chi connectivity index (χ1v) is 4.73. The van der Waals surface area contributed by atoms with Crippen molar-refractivity contribution in [2.24, 2.45) is 0 Å². The number of aliphatic hydroxyl groups excluding tert-OH is 1. The SMILES string of the molecule is CCC(=O)NCC(O)c1ccccc1. The van der Waals surface area contributed by atoms with E-state index in [4.69, 9.17) is 0 Å². The molecule has 0 aliphatic carbocycles. The van der Waals surface area contributed by atoms with E-state index in [1.807, 2.05) is 30.3 Å². The smallest absolute Gasteiger partial charge is 0.219 e. The van der Waals surface area contributed by atoms with Gasteiger partial charge >= 0.3 is 0 Å². The summed E-state index contributed by atoms with van der Waals surface area (Å²) in [6.07, 6.45) is -0.173. The van der Waals surface area contributed by atoms with Gasteiger partial charge in [-0.1, -0.05) is 37.3 Å². The molecule has 0 aliphatic heterocycles. The Bertz CT molecular complexity index is 285. The fourth-order valence-electron chi connectivity index (χ4n) is 1.13. The number of benzene rings is 1. The molecule has 3 heteroatoms. The maximum absolute atomic E-state index is 10.9. The fraction of sp³-hybridized carbons (Fsp3) is 0.364. The molecule has 1 aromatic rings. The number of carbonyl (C=O) groups excluding carboxylic acids is 1. The second-order valence-electron chi connectivity index (χ2n) is 3.08. The van der Waals surface area contributed by atoms with Crippen molar-refractivity contribution in [1.29, 1.82) is 0 Å². The lowest BCUT2D eigenvalue weighted by molar-refractivity contribution is -0.121. The van der Waals surface area contributed by atoms with Gasteiger partial charge in [0, 0.05) is 13.0 Å². The number of rotatable bonds is 4. The van der Waals surface area contributed by atoms with Crippen LogP contribution in [0.2, 0.25) is 0 Å². The lowest BCUT2D eigenvalue weighted by Crippen LogP contribution is -2.27. The van der Waals surface area contributed by atoms with E-state index in [1.165, 1.54) is 0 Å². The van der Waals surface area contributed by atoms with Crippen molar-refractivity contribution in [3.63, 3.8) is 0 Å². The van der Waals surface area contributed by atoms with Crippen molar-refractivity contribution >= 4 is 5.91 Å². The van der Waals surface area contributed by atoms with E-state index in [1.54, 1.807) is 6.92 Å².